The quantitative estimate of drug-likeness (QED) is 0.509. The van der Waals surface area contributed by atoms with Crippen LogP contribution in [0, 0.1) is 10.1 Å². The molecule has 0 aliphatic carbocycles. The van der Waals surface area contributed by atoms with Crippen LogP contribution in [0.2, 0.25) is 0 Å². The molecule has 0 aliphatic rings. The number of nitrogens with one attached hydrogen (secondary N) is 1. The molecule has 0 saturated heterocycles. The molecule has 2 N–H and O–H groups in total. The average molecular weight is 274 g/mol. The summed E-state index contributed by atoms with van der Waals surface area (Å²) in [6.45, 7) is 0. The van der Waals surface area contributed by atoms with Crippen LogP contribution in [0.3, 0.4) is 0 Å². The number of para-hydroxylation sites is 1. The Morgan fingerprint density at radius 2 is 1.90 bits per heavy atom. The Balaban J connectivity index is 2.11. The standard InChI is InChI=1S/C13H10N2O5/c16-12-7-6-9(15(18)19)8-11(12)14-13(17)20-10-4-2-1-3-5-10/h1-8,16H,(H,14,17). The molecule has 0 radical (unpaired) electrons. The van der Waals surface area contributed by atoms with Crippen molar-refractivity contribution < 1.29 is 19.6 Å². The third kappa shape index (κ3) is 3.22. The van der Waals surface area contributed by atoms with E-state index < -0.39 is 11.0 Å². The van der Waals surface area contributed by atoms with Crippen LogP contribution >= 0.6 is 0 Å². The molecule has 2 rings (SSSR count). The molecule has 0 fully saturated rings. The van der Waals surface area contributed by atoms with Gasteiger partial charge in [0.05, 0.1) is 10.6 Å². The van der Waals surface area contributed by atoms with Gasteiger partial charge in [-0.3, -0.25) is 15.4 Å². The number of hydrogen-bond acceptors (Lipinski definition) is 5. The number of rotatable bonds is 3. The number of aromatic hydroxyl groups is 1. The summed E-state index contributed by atoms with van der Waals surface area (Å²) >= 11 is 0. The highest BCUT2D eigenvalue weighted by atomic mass is 16.6. The van der Waals surface area contributed by atoms with Crippen molar-refractivity contribution in [2.24, 2.45) is 0 Å². The van der Waals surface area contributed by atoms with Gasteiger partial charge in [0.1, 0.15) is 11.5 Å². The highest BCUT2D eigenvalue weighted by Gasteiger charge is 2.13. The van der Waals surface area contributed by atoms with E-state index in [2.05, 4.69) is 5.32 Å². The molecule has 0 spiro atoms. The Morgan fingerprint density at radius 3 is 2.55 bits per heavy atom. The molecular formula is C13H10N2O5. The molecule has 2 aromatic carbocycles. The first-order valence-corrected chi connectivity index (χ1v) is 5.57. The van der Waals surface area contributed by atoms with Gasteiger partial charge in [0, 0.05) is 12.1 Å². The van der Waals surface area contributed by atoms with Gasteiger partial charge < -0.3 is 9.84 Å². The van der Waals surface area contributed by atoms with Gasteiger partial charge in [-0.2, -0.15) is 0 Å². The van der Waals surface area contributed by atoms with Crippen LogP contribution in [0.4, 0.5) is 16.2 Å². The van der Waals surface area contributed by atoms with Gasteiger partial charge in [-0.25, -0.2) is 4.79 Å². The van der Waals surface area contributed by atoms with E-state index in [9.17, 15) is 20.0 Å². The second-order valence-electron chi connectivity index (χ2n) is 3.79. The number of phenols is 1. The topological polar surface area (TPSA) is 102 Å². The summed E-state index contributed by atoms with van der Waals surface area (Å²) in [7, 11) is 0. The van der Waals surface area contributed by atoms with E-state index in [0.29, 0.717) is 5.75 Å². The van der Waals surface area contributed by atoms with Crippen LogP contribution in [0.25, 0.3) is 0 Å². The van der Waals surface area contributed by atoms with Crippen molar-refractivity contribution in [2.45, 2.75) is 0 Å². The normalized spacial score (nSPS) is 9.80. The molecule has 7 nitrogen and oxygen atoms in total. The highest BCUT2D eigenvalue weighted by molar-refractivity contribution is 5.88. The average Bonchev–Trinajstić information content (AvgIpc) is 2.42. The maximum absolute atomic E-state index is 11.6. The molecule has 0 aromatic heterocycles. The molecule has 0 unspecified atom stereocenters. The summed E-state index contributed by atoms with van der Waals surface area (Å²) in [5.41, 5.74) is -0.349. The zero-order chi connectivity index (χ0) is 14.5. The lowest BCUT2D eigenvalue weighted by Gasteiger charge is -2.07. The SMILES string of the molecule is O=C(Nc1cc([N+](=O)[O-])ccc1O)Oc1ccccc1. The van der Waals surface area contributed by atoms with Crippen molar-refractivity contribution in [1.29, 1.82) is 0 Å². The predicted molar refractivity (Wildman–Crippen MR) is 70.8 cm³/mol. The maximum atomic E-state index is 11.6. The van der Waals surface area contributed by atoms with Gasteiger partial charge in [0.15, 0.2) is 0 Å². The number of ether oxygens (including phenoxy) is 1. The lowest BCUT2D eigenvalue weighted by molar-refractivity contribution is -0.384. The van der Waals surface area contributed by atoms with Crippen LogP contribution in [0.5, 0.6) is 11.5 Å². The van der Waals surface area contributed by atoms with Gasteiger partial charge in [-0.1, -0.05) is 18.2 Å². The molecule has 102 valence electrons. The minimum atomic E-state index is -0.855. The molecule has 0 heterocycles. The predicted octanol–water partition coefficient (Wildman–Crippen LogP) is 2.91. The van der Waals surface area contributed by atoms with Gasteiger partial charge >= 0.3 is 6.09 Å². The van der Waals surface area contributed by atoms with Crippen LogP contribution < -0.4 is 10.1 Å². The molecule has 20 heavy (non-hydrogen) atoms. The fourth-order valence-corrected chi connectivity index (χ4v) is 1.47. The summed E-state index contributed by atoms with van der Waals surface area (Å²) in [5.74, 6) is 0.0236. The first-order valence-electron chi connectivity index (χ1n) is 5.57. The van der Waals surface area contributed by atoms with E-state index in [1.54, 1.807) is 30.3 Å². The Labute approximate surface area is 113 Å². The summed E-state index contributed by atoms with van der Waals surface area (Å²) in [6, 6.07) is 11.6. The number of amides is 1. The van der Waals surface area contributed by atoms with E-state index in [-0.39, 0.29) is 17.1 Å². The zero-order valence-electron chi connectivity index (χ0n) is 10.1. The first kappa shape index (κ1) is 13.3. The number of nitro groups is 1. The van der Waals surface area contributed by atoms with Crippen LogP contribution in [0.15, 0.2) is 48.5 Å². The Bertz CT molecular complexity index is 642. The molecule has 0 bridgehead atoms. The van der Waals surface area contributed by atoms with Crippen molar-refractivity contribution in [3.8, 4) is 11.5 Å². The fourth-order valence-electron chi connectivity index (χ4n) is 1.47. The number of benzene rings is 2. The molecule has 0 saturated carbocycles. The number of hydrogen-bond donors (Lipinski definition) is 2. The number of phenolic OH excluding ortho intramolecular Hbond substituents is 1. The number of nitro benzene ring substituents is 1. The van der Waals surface area contributed by atoms with Gasteiger partial charge in [0.2, 0.25) is 0 Å². The fraction of sp³-hybridized carbons (Fsp3) is 0. The molecular weight excluding hydrogens is 264 g/mol. The number of non-ortho nitro benzene ring substituents is 1. The Kier molecular flexibility index (Phi) is 3.80. The number of carbonyl (C=O) groups is 1. The molecule has 7 heteroatoms. The lowest BCUT2D eigenvalue weighted by Crippen LogP contribution is -2.16. The van der Waals surface area contributed by atoms with Gasteiger partial charge in [-0.15, -0.1) is 0 Å². The van der Waals surface area contributed by atoms with Crippen LogP contribution in [0.1, 0.15) is 0 Å². The van der Waals surface area contributed by atoms with Crippen molar-refractivity contribution in [3.05, 3.63) is 58.6 Å². The smallest absolute Gasteiger partial charge is 0.417 e. The number of carbonyl (C=O) groups excluding carboxylic acids is 1. The van der Waals surface area contributed by atoms with E-state index in [4.69, 9.17) is 4.74 Å². The molecule has 1 amide bonds. The minimum absolute atomic E-state index is 0.0971. The molecule has 0 atom stereocenters. The van der Waals surface area contributed by atoms with Crippen molar-refractivity contribution in [2.75, 3.05) is 5.32 Å². The first-order chi connectivity index (χ1) is 9.56. The highest BCUT2D eigenvalue weighted by Crippen LogP contribution is 2.28. The Hall–Kier alpha value is -3.09. The van der Waals surface area contributed by atoms with Crippen LogP contribution in [-0.4, -0.2) is 16.1 Å². The number of nitrogens with zero attached hydrogens (tertiary/aromatic N) is 1. The van der Waals surface area contributed by atoms with E-state index >= 15 is 0 Å². The third-order valence-electron chi connectivity index (χ3n) is 2.38. The Morgan fingerprint density at radius 1 is 1.20 bits per heavy atom. The lowest BCUT2D eigenvalue weighted by atomic mass is 10.2. The van der Waals surface area contributed by atoms with Crippen molar-refractivity contribution in [1.82, 2.24) is 0 Å². The maximum Gasteiger partial charge on any atom is 0.417 e. The minimum Gasteiger partial charge on any atom is -0.506 e. The van der Waals surface area contributed by atoms with Crippen molar-refractivity contribution >= 4 is 17.5 Å². The van der Waals surface area contributed by atoms with E-state index in [0.717, 1.165) is 18.2 Å². The summed E-state index contributed by atoms with van der Waals surface area (Å²) < 4.78 is 4.94. The second kappa shape index (κ2) is 5.70. The second-order valence-corrected chi connectivity index (χ2v) is 3.79. The van der Waals surface area contributed by atoms with Crippen molar-refractivity contribution in [3.63, 3.8) is 0 Å². The summed E-state index contributed by atoms with van der Waals surface area (Å²) in [5, 5.41) is 22.4. The van der Waals surface area contributed by atoms with E-state index in [1.807, 2.05) is 0 Å². The summed E-state index contributed by atoms with van der Waals surface area (Å²) in [6.07, 6.45) is -0.855. The monoisotopic (exact) mass is 274 g/mol. The summed E-state index contributed by atoms with van der Waals surface area (Å²) in [4.78, 5) is 21.6. The van der Waals surface area contributed by atoms with Gasteiger partial charge in [-0.05, 0) is 18.2 Å². The van der Waals surface area contributed by atoms with E-state index in [1.165, 1.54) is 0 Å². The third-order valence-corrected chi connectivity index (χ3v) is 2.38. The molecule has 2 aromatic rings. The zero-order valence-corrected chi connectivity index (χ0v) is 10.1. The van der Waals surface area contributed by atoms with Crippen LogP contribution in [-0.2, 0) is 0 Å². The number of anilines is 1. The van der Waals surface area contributed by atoms with Gasteiger partial charge in [0.25, 0.3) is 5.69 Å². The molecule has 0 aliphatic heterocycles. The largest absolute Gasteiger partial charge is 0.506 e.